The summed E-state index contributed by atoms with van der Waals surface area (Å²) in [6, 6.07) is 9.56. The summed E-state index contributed by atoms with van der Waals surface area (Å²) in [5.41, 5.74) is 0.241. The highest BCUT2D eigenvalue weighted by atomic mass is 16.2. The van der Waals surface area contributed by atoms with Crippen LogP contribution in [0.25, 0.3) is 5.69 Å². The summed E-state index contributed by atoms with van der Waals surface area (Å²) in [7, 11) is 0. The van der Waals surface area contributed by atoms with Crippen LogP contribution in [0.1, 0.15) is 38.5 Å². The van der Waals surface area contributed by atoms with Gasteiger partial charge in [-0.1, -0.05) is 49.0 Å². The summed E-state index contributed by atoms with van der Waals surface area (Å²) in [5.74, 6) is 0.660. The number of para-hydroxylation sites is 1. The van der Waals surface area contributed by atoms with E-state index in [9.17, 15) is 9.59 Å². The Labute approximate surface area is 181 Å². The van der Waals surface area contributed by atoms with Crippen molar-refractivity contribution in [1.29, 1.82) is 0 Å². The van der Waals surface area contributed by atoms with E-state index in [1.807, 2.05) is 30.3 Å². The Kier molecular flexibility index (Phi) is 5.31. The number of hydrogen-bond acceptors (Lipinski definition) is 7. The number of carbonyl (C=O) groups is 2. The molecule has 1 aliphatic carbocycles. The molecule has 3 aliphatic rings. The second-order valence-corrected chi connectivity index (χ2v) is 8.63. The fraction of sp³-hybridized carbons (Fsp3) is 0.571. The molecule has 0 atom stereocenters. The Morgan fingerprint density at radius 1 is 0.935 bits per heavy atom. The van der Waals surface area contributed by atoms with Crippen LogP contribution in [-0.4, -0.2) is 80.3 Å². The molecule has 0 radical (unpaired) electrons. The molecule has 5 rings (SSSR count). The molecule has 0 bridgehead atoms. The number of aromatic nitrogens is 4. The fourth-order valence-electron chi connectivity index (χ4n) is 4.88. The Bertz CT molecular complexity index is 930. The fourth-order valence-corrected chi connectivity index (χ4v) is 4.88. The summed E-state index contributed by atoms with van der Waals surface area (Å²) in [6.07, 6.45) is 5.77. The first-order valence-corrected chi connectivity index (χ1v) is 11.1. The Morgan fingerprint density at radius 2 is 1.65 bits per heavy atom. The monoisotopic (exact) mass is 424 g/mol. The zero-order valence-corrected chi connectivity index (χ0v) is 17.6. The molecule has 0 unspecified atom stereocenters. The quantitative estimate of drug-likeness (QED) is 0.741. The number of anilines is 1. The van der Waals surface area contributed by atoms with Crippen molar-refractivity contribution >= 4 is 17.9 Å². The molecular weight excluding hydrogens is 396 g/mol. The topological polar surface area (TPSA) is 99.5 Å². The number of rotatable bonds is 4. The molecule has 31 heavy (non-hydrogen) atoms. The van der Waals surface area contributed by atoms with E-state index in [0.29, 0.717) is 12.6 Å². The standard InChI is InChI=1S/C21H28N8O2/c30-18-21(10-6-1-2-7-11-21)22-20(31)28(18)16-26-12-14-27(15-13-26)19-23-24-25-29(19)17-8-4-3-5-9-17/h3-5,8-9H,1-2,6-7,10-16H2,(H,22,31). The largest absolute Gasteiger partial charge is 0.337 e. The van der Waals surface area contributed by atoms with Gasteiger partial charge in [0, 0.05) is 26.2 Å². The number of nitrogens with zero attached hydrogens (tertiary/aromatic N) is 7. The number of tetrazole rings is 1. The minimum Gasteiger partial charge on any atom is -0.337 e. The van der Waals surface area contributed by atoms with Crippen molar-refractivity contribution in [3.8, 4) is 5.69 Å². The van der Waals surface area contributed by atoms with E-state index in [0.717, 1.165) is 70.4 Å². The number of piperazine rings is 1. The lowest BCUT2D eigenvalue weighted by atomic mass is 9.90. The Morgan fingerprint density at radius 3 is 2.35 bits per heavy atom. The zero-order valence-electron chi connectivity index (χ0n) is 17.6. The lowest BCUT2D eigenvalue weighted by Crippen LogP contribution is -2.52. The number of hydrogen-bond donors (Lipinski definition) is 1. The molecule has 164 valence electrons. The lowest BCUT2D eigenvalue weighted by Gasteiger charge is -2.36. The van der Waals surface area contributed by atoms with Crippen molar-refractivity contribution < 1.29 is 9.59 Å². The summed E-state index contributed by atoms with van der Waals surface area (Å²) < 4.78 is 1.74. The second-order valence-electron chi connectivity index (χ2n) is 8.63. The third-order valence-corrected chi connectivity index (χ3v) is 6.65. The number of amides is 3. The highest BCUT2D eigenvalue weighted by Crippen LogP contribution is 2.32. The van der Waals surface area contributed by atoms with Crippen LogP contribution in [0.15, 0.2) is 30.3 Å². The van der Waals surface area contributed by atoms with E-state index in [4.69, 9.17) is 0 Å². The number of imide groups is 1. The molecule has 3 fully saturated rings. The number of benzene rings is 1. The molecular formula is C21H28N8O2. The molecule has 2 aliphatic heterocycles. The van der Waals surface area contributed by atoms with E-state index in [2.05, 4.69) is 30.6 Å². The number of urea groups is 1. The zero-order chi connectivity index (χ0) is 21.3. The Hall–Kier alpha value is -3.01. The van der Waals surface area contributed by atoms with Gasteiger partial charge in [0.05, 0.1) is 12.4 Å². The molecule has 1 saturated carbocycles. The summed E-state index contributed by atoms with van der Waals surface area (Å²) in [6.45, 7) is 3.24. The van der Waals surface area contributed by atoms with Gasteiger partial charge in [-0.05, 0) is 35.4 Å². The highest BCUT2D eigenvalue weighted by molar-refractivity contribution is 6.07. The normalized spacial score (nSPS) is 22.1. The van der Waals surface area contributed by atoms with Gasteiger partial charge in [0.15, 0.2) is 0 Å². The van der Waals surface area contributed by atoms with Crippen LogP contribution in [0.4, 0.5) is 10.7 Å². The minimum absolute atomic E-state index is 0.0464. The first-order valence-electron chi connectivity index (χ1n) is 11.1. The molecule has 10 nitrogen and oxygen atoms in total. The molecule has 1 aromatic carbocycles. The third kappa shape index (κ3) is 3.76. The van der Waals surface area contributed by atoms with Crippen molar-refractivity contribution in [2.75, 3.05) is 37.7 Å². The van der Waals surface area contributed by atoms with E-state index in [1.165, 1.54) is 4.90 Å². The van der Waals surface area contributed by atoms with Gasteiger partial charge >= 0.3 is 6.03 Å². The average molecular weight is 425 g/mol. The predicted octanol–water partition coefficient (Wildman–Crippen LogP) is 1.39. The summed E-state index contributed by atoms with van der Waals surface area (Å²) >= 11 is 0. The van der Waals surface area contributed by atoms with Crippen LogP contribution in [0.3, 0.4) is 0 Å². The van der Waals surface area contributed by atoms with Gasteiger partial charge in [0.2, 0.25) is 5.95 Å². The maximum atomic E-state index is 13.1. The van der Waals surface area contributed by atoms with Gasteiger partial charge in [-0.25, -0.2) is 9.69 Å². The van der Waals surface area contributed by atoms with Crippen LogP contribution in [0, 0.1) is 0 Å². The van der Waals surface area contributed by atoms with E-state index < -0.39 is 5.54 Å². The van der Waals surface area contributed by atoms with E-state index >= 15 is 0 Å². The van der Waals surface area contributed by atoms with Gasteiger partial charge < -0.3 is 10.2 Å². The third-order valence-electron chi connectivity index (χ3n) is 6.65. The average Bonchev–Trinajstić information content (AvgIpc) is 3.27. The van der Waals surface area contributed by atoms with Crippen LogP contribution in [0.5, 0.6) is 0 Å². The van der Waals surface area contributed by atoms with Crippen molar-refractivity contribution in [2.24, 2.45) is 0 Å². The van der Waals surface area contributed by atoms with Gasteiger partial charge in [-0.15, -0.1) is 0 Å². The first kappa shape index (κ1) is 19.9. The van der Waals surface area contributed by atoms with Gasteiger partial charge in [0.1, 0.15) is 5.54 Å². The maximum Gasteiger partial charge on any atom is 0.326 e. The number of nitrogens with one attached hydrogen (secondary N) is 1. The van der Waals surface area contributed by atoms with Gasteiger partial charge in [0.25, 0.3) is 5.91 Å². The van der Waals surface area contributed by atoms with Crippen LogP contribution < -0.4 is 10.2 Å². The SMILES string of the molecule is O=C1NC2(CCCCCC2)C(=O)N1CN1CCN(c2nnnn2-c2ccccc2)CC1. The molecule has 10 heteroatoms. The van der Waals surface area contributed by atoms with Crippen molar-refractivity contribution in [3.63, 3.8) is 0 Å². The molecule has 2 aromatic rings. The first-order chi connectivity index (χ1) is 15.2. The van der Waals surface area contributed by atoms with Crippen LogP contribution in [0.2, 0.25) is 0 Å². The molecule has 1 aromatic heterocycles. The maximum absolute atomic E-state index is 13.1. The molecule has 3 amide bonds. The van der Waals surface area contributed by atoms with Crippen LogP contribution in [-0.2, 0) is 4.79 Å². The van der Waals surface area contributed by atoms with E-state index in [1.54, 1.807) is 4.68 Å². The van der Waals surface area contributed by atoms with Crippen molar-refractivity contribution in [3.05, 3.63) is 30.3 Å². The minimum atomic E-state index is -0.673. The molecule has 2 saturated heterocycles. The van der Waals surface area contributed by atoms with Gasteiger partial charge in [-0.3, -0.25) is 9.69 Å². The van der Waals surface area contributed by atoms with Crippen molar-refractivity contribution in [2.45, 2.75) is 44.1 Å². The van der Waals surface area contributed by atoms with Crippen LogP contribution >= 0.6 is 0 Å². The summed E-state index contributed by atoms with van der Waals surface area (Å²) in [4.78, 5) is 31.5. The lowest BCUT2D eigenvalue weighted by molar-refractivity contribution is -0.133. The predicted molar refractivity (Wildman–Crippen MR) is 114 cm³/mol. The molecule has 1 N–H and O–H groups in total. The molecule has 1 spiro atoms. The smallest absolute Gasteiger partial charge is 0.326 e. The highest BCUT2D eigenvalue weighted by Gasteiger charge is 2.51. The molecule has 3 heterocycles. The summed E-state index contributed by atoms with van der Waals surface area (Å²) in [5, 5.41) is 15.2. The second kappa shape index (κ2) is 8.26. The number of carbonyl (C=O) groups excluding carboxylic acids is 2. The Balaban J connectivity index is 1.22. The van der Waals surface area contributed by atoms with Crippen molar-refractivity contribution in [1.82, 2.24) is 35.3 Å². The van der Waals surface area contributed by atoms with E-state index in [-0.39, 0.29) is 11.9 Å². The van der Waals surface area contributed by atoms with Gasteiger partial charge in [-0.2, -0.15) is 4.68 Å².